The number of aryl methyl sites for hydroxylation is 2. The number of amides is 1. The number of nitrogens with zero attached hydrogens (tertiary/aromatic N) is 1. The van der Waals surface area contributed by atoms with E-state index >= 15 is 0 Å². The van der Waals surface area contributed by atoms with Crippen molar-refractivity contribution in [3.63, 3.8) is 0 Å². The van der Waals surface area contributed by atoms with Crippen LogP contribution in [0.2, 0.25) is 0 Å². The molecule has 0 spiro atoms. The number of hydrogen-bond acceptors (Lipinski definition) is 3. The first-order valence-corrected chi connectivity index (χ1v) is 5.67. The highest BCUT2D eigenvalue weighted by atomic mass is 35.5. The van der Waals surface area contributed by atoms with Crippen molar-refractivity contribution in [3.05, 3.63) is 17.3 Å². The van der Waals surface area contributed by atoms with Crippen molar-refractivity contribution in [2.24, 2.45) is 5.41 Å². The Morgan fingerprint density at radius 1 is 1.50 bits per heavy atom. The molecule has 0 unspecified atom stereocenters. The van der Waals surface area contributed by atoms with E-state index in [0.717, 1.165) is 0 Å². The van der Waals surface area contributed by atoms with Gasteiger partial charge in [-0.05, 0) is 12.3 Å². The zero-order valence-electron chi connectivity index (χ0n) is 10.1. The first kappa shape index (κ1) is 13.0. The summed E-state index contributed by atoms with van der Waals surface area (Å²) < 4.78 is 5.22. The summed E-state index contributed by atoms with van der Waals surface area (Å²) >= 11 is 5.77. The fraction of sp³-hybridized carbons (Fsp3) is 0.636. The standard InChI is InChI=1S/C11H17ClN2O2/c1-7-9(16-8(2)14-7)10(15)13-6-11(3,4)5-12/h5-6H2,1-4H3,(H,13,15). The van der Waals surface area contributed by atoms with Crippen LogP contribution in [0.5, 0.6) is 0 Å². The Kier molecular flexibility index (Phi) is 3.97. The predicted octanol–water partition coefficient (Wildman–Crippen LogP) is 2.29. The van der Waals surface area contributed by atoms with Crippen LogP contribution in [-0.2, 0) is 0 Å². The van der Waals surface area contributed by atoms with E-state index in [1.165, 1.54) is 0 Å². The van der Waals surface area contributed by atoms with E-state index in [-0.39, 0.29) is 17.1 Å². The molecule has 0 aliphatic heterocycles. The Bertz CT molecular complexity index is 385. The van der Waals surface area contributed by atoms with Crippen molar-refractivity contribution in [1.29, 1.82) is 0 Å². The molecule has 0 radical (unpaired) electrons. The second-order valence-electron chi connectivity index (χ2n) is 4.63. The molecule has 0 aliphatic rings. The van der Waals surface area contributed by atoms with Gasteiger partial charge in [-0.15, -0.1) is 11.6 Å². The highest BCUT2D eigenvalue weighted by Crippen LogP contribution is 2.16. The van der Waals surface area contributed by atoms with E-state index in [4.69, 9.17) is 16.0 Å². The van der Waals surface area contributed by atoms with Gasteiger partial charge >= 0.3 is 0 Å². The lowest BCUT2D eigenvalue weighted by Crippen LogP contribution is -2.35. The number of aromatic nitrogens is 1. The fourth-order valence-corrected chi connectivity index (χ4v) is 1.28. The molecule has 4 nitrogen and oxygen atoms in total. The maximum Gasteiger partial charge on any atom is 0.289 e. The third-order valence-electron chi connectivity index (χ3n) is 2.20. The molecule has 0 aromatic carbocycles. The maximum absolute atomic E-state index is 11.8. The van der Waals surface area contributed by atoms with Crippen LogP contribution in [0.3, 0.4) is 0 Å². The molecular weight excluding hydrogens is 228 g/mol. The summed E-state index contributed by atoms with van der Waals surface area (Å²) in [6.07, 6.45) is 0. The van der Waals surface area contributed by atoms with Crippen LogP contribution in [0.1, 0.15) is 36.0 Å². The zero-order chi connectivity index (χ0) is 12.3. The zero-order valence-corrected chi connectivity index (χ0v) is 10.8. The Morgan fingerprint density at radius 3 is 2.56 bits per heavy atom. The Labute approximate surface area is 100 Å². The fourth-order valence-electron chi connectivity index (χ4n) is 1.19. The van der Waals surface area contributed by atoms with Gasteiger partial charge in [-0.1, -0.05) is 13.8 Å². The predicted molar refractivity (Wildman–Crippen MR) is 62.8 cm³/mol. The molecule has 1 amide bonds. The molecule has 1 rings (SSSR count). The maximum atomic E-state index is 11.8. The number of alkyl halides is 1. The van der Waals surface area contributed by atoms with Crippen molar-refractivity contribution >= 4 is 17.5 Å². The van der Waals surface area contributed by atoms with Crippen molar-refractivity contribution < 1.29 is 9.21 Å². The Morgan fingerprint density at radius 2 is 2.12 bits per heavy atom. The lowest BCUT2D eigenvalue weighted by Gasteiger charge is -2.21. The van der Waals surface area contributed by atoms with Crippen LogP contribution in [0.25, 0.3) is 0 Å². The van der Waals surface area contributed by atoms with E-state index in [1.54, 1.807) is 13.8 Å². The first-order valence-electron chi connectivity index (χ1n) is 5.14. The van der Waals surface area contributed by atoms with Gasteiger partial charge in [-0.3, -0.25) is 4.79 Å². The molecule has 5 heteroatoms. The number of nitrogens with one attached hydrogen (secondary N) is 1. The van der Waals surface area contributed by atoms with Crippen molar-refractivity contribution in [2.75, 3.05) is 12.4 Å². The van der Waals surface area contributed by atoms with Gasteiger partial charge in [-0.2, -0.15) is 0 Å². The molecule has 0 saturated carbocycles. The molecule has 1 heterocycles. The lowest BCUT2D eigenvalue weighted by atomic mass is 9.96. The highest BCUT2D eigenvalue weighted by molar-refractivity contribution is 6.18. The number of rotatable bonds is 4. The van der Waals surface area contributed by atoms with Crippen LogP contribution in [0.15, 0.2) is 4.42 Å². The molecule has 1 aromatic heterocycles. The second-order valence-corrected chi connectivity index (χ2v) is 4.90. The van der Waals surface area contributed by atoms with Crippen LogP contribution >= 0.6 is 11.6 Å². The largest absolute Gasteiger partial charge is 0.436 e. The molecule has 0 aliphatic carbocycles. The summed E-state index contributed by atoms with van der Waals surface area (Å²) in [5, 5.41) is 2.79. The van der Waals surface area contributed by atoms with Crippen molar-refractivity contribution in [2.45, 2.75) is 27.7 Å². The molecule has 0 atom stereocenters. The number of carbonyl (C=O) groups is 1. The number of hydrogen-bond donors (Lipinski definition) is 1. The Hall–Kier alpha value is -1.03. The SMILES string of the molecule is Cc1nc(C)c(C(=O)NCC(C)(C)CCl)o1. The summed E-state index contributed by atoms with van der Waals surface area (Å²) in [5.41, 5.74) is 0.485. The van der Waals surface area contributed by atoms with Gasteiger partial charge in [0.05, 0.1) is 5.69 Å². The van der Waals surface area contributed by atoms with E-state index in [2.05, 4.69) is 10.3 Å². The topological polar surface area (TPSA) is 55.1 Å². The average Bonchev–Trinajstić information content (AvgIpc) is 2.54. The second kappa shape index (κ2) is 4.87. The number of carbonyl (C=O) groups excluding carboxylic acids is 1. The minimum absolute atomic E-state index is 0.125. The van der Waals surface area contributed by atoms with Gasteiger partial charge in [0.25, 0.3) is 5.91 Å². The van der Waals surface area contributed by atoms with Gasteiger partial charge < -0.3 is 9.73 Å². The van der Waals surface area contributed by atoms with E-state index in [1.807, 2.05) is 13.8 Å². The number of halogens is 1. The highest BCUT2D eigenvalue weighted by Gasteiger charge is 2.20. The summed E-state index contributed by atoms with van der Waals surface area (Å²) in [7, 11) is 0. The van der Waals surface area contributed by atoms with Gasteiger partial charge in [0.2, 0.25) is 5.76 Å². The molecule has 16 heavy (non-hydrogen) atoms. The van der Waals surface area contributed by atoms with Crippen LogP contribution in [-0.4, -0.2) is 23.3 Å². The van der Waals surface area contributed by atoms with E-state index < -0.39 is 0 Å². The summed E-state index contributed by atoms with van der Waals surface area (Å²) in [5.74, 6) is 1.03. The third kappa shape index (κ3) is 3.23. The van der Waals surface area contributed by atoms with Crippen molar-refractivity contribution in [3.8, 4) is 0 Å². The minimum Gasteiger partial charge on any atom is -0.436 e. The normalized spacial score (nSPS) is 11.6. The van der Waals surface area contributed by atoms with Crippen molar-refractivity contribution in [1.82, 2.24) is 10.3 Å². The first-order chi connectivity index (χ1) is 7.35. The van der Waals surface area contributed by atoms with Crippen LogP contribution in [0, 0.1) is 19.3 Å². The number of oxazole rings is 1. The molecule has 0 bridgehead atoms. The van der Waals surface area contributed by atoms with E-state index in [9.17, 15) is 4.79 Å². The van der Waals surface area contributed by atoms with Gasteiger partial charge in [-0.25, -0.2) is 4.98 Å². The molecule has 1 aromatic rings. The third-order valence-corrected chi connectivity index (χ3v) is 2.92. The molecule has 0 fully saturated rings. The lowest BCUT2D eigenvalue weighted by molar-refractivity contribution is 0.0910. The molecule has 90 valence electrons. The molecular formula is C11H17ClN2O2. The van der Waals surface area contributed by atoms with Gasteiger partial charge in [0, 0.05) is 19.3 Å². The minimum atomic E-state index is -0.240. The molecule has 0 saturated heterocycles. The summed E-state index contributed by atoms with van der Waals surface area (Å²) in [6, 6.07) is 0. The Balaban J connectivity index is 2.63. The van der Waals surface area contributed by atoms with Gasteiger partial charge in [0.15, 0.2) is 5.89 Å². The monoisotopic (exact) mass is 244 g/mol. The van der Waals surface area contributed by atoms with Gasteiger partial charge in [0.1, 0.15) is 0 Å². The summed E-state index contributed by atoms with van der Waals surface area (Å²) in [6.45, 7) is 7.94. The average molecular weight is 245 g/mol. The van der Waals surface area contributed by atoms with Crippen LogP contribution < -0.4 is 5.32 Å². The summed E-state index contributed by atoms with van der Waals surface area (Å²) in [4.78, 5) is 15.8. The van der Waals surface area contributed by atoms with E-state index in [0.29, 0.717) is 24.0 Å². The smallest absolute Gasteiger partial charge is 0.289 e. The molecule has 1 N–H and O–H groups in total. The quantitative estimate of drug-likeness (QED) is 0.827. The van der Waals surface area contributed by atoms with Crippen LogP contribution in [0.4, 0.5) is 0 Å².